The molecule has 1 aliphatic rings. The van der Waals surface area contributed by atoms with Crippen molar-refractivity contribution in [2.45, 2.75) is 46.1 Å². The van der Waals surface area contributed by atoms with Crippen LogP contribution >= 0.6 is 0 Å². The van der Waals surface area contributed by atoms with E-state index in [9.17, 15) is 9.59 Å². The van der Waals surface area contributed by atoms with Gasteiger partial charge in [-0.3, -0.25) is 9.59 Å². The van der Waals surface area contributed by atoms with Gasteiger partial charge in [0.1, 0.15) is 0 Å². The van der Waals surface area contributed by atoms with Crippen molar-refractivity contribution in [2.75, 3.05) is 26.2 Å². The number of aliphatic hydroxyl groups is 1. The number of nitrogens with one attached hydrogen (secondary N) is 1. The van der Waals surface area contributed by atoms with Crippen molar-refractivity contribution in [1.82, 2.24) is 10.2 Å². The molecule has 2 amide bonds. The zero-order valence-corrected chi connectivity index (χ0v) is 13.4. The van der Waals surface area contributed by atoms with Crippen LogP contribution in [0.25, 0.3) is 0 Å². The lowest BCUT2D eigenvalue weighted by molar-refractivity contribution is -0.138. The Bertz CT molecular complexity index is 358. The van der Waals surface area contributed by atoms with Gasteiger partial charge >= 0.3 is 0 Å². The van der Waals surface area contributed by atoms with Crippen LogP contribution in [0.2, 0.25) is 0 Å². The van der Waals surface area contributed by atoms with E-state index in [1.54, 1.807) is 4.90 Å². The lowest BCUT2D eigenvalue weighted by Crippen LogP contribution is -2.53. The Morgan fingerprint density at radius 2 is 1.90 bits per heavy atom. The van der Waals surface area contributed by atoms with Crippen LogP contribution in [0.5, 0.6) is 0 Å². The fourth-order valence-electron chi connectivity index (χ4n) is 2.36. The van der Waals surface area contributed by atoms with Gasteiger partial charge in [-0.05, 0) is 24.7 Å². The lowest BCUT2D eigenvalue weighted by Gasteiger charge is -2.36. The van der Waals surface area contributed by atoms with E-state index >= 15 is 0 Å². The highest BCUT2D eigenvalue weighted by atomic mass is 16.3. The highest BCUT2D eigenvalue weighted by Gasteiger charge is 2.34. The molecule has 6 heteroatoms. The summed E-state index contributed by atoms with van der Waals surface area (Å²) in [4.78, 5) is 26.0. The zero-order valence-electron chi connectivity index (χ0n) is 13.4. The first-order valence-corrected chi connectivity index (χ1v) is 7.70. The Balaban J connectivity index is 2.41. The minimum Gasteiger partial charge on any atom is -0.396 e. The third-order valence-electron chi connectivity index (χ3n) is 4.01. The summed E-state index contributed by atoms with van der Waals surface area (Å²) in [6.07, 6.45) is 1.92. The molecule has 1 rings (SSSR count). The number of hydrogen-bond donors (Lipinski definition) is 3. The van der Waals surface area contributed by atoms with Crippen molar-refractivity contribution in [3.05, 3.63) is 0 Å². The molecule has 0 aliphatic carbocycles. The average Bonchev–Trinajstić information content (AvgIpc) is 2.45. The summed E-state index contributed by atoms with van der Waals surface area (Å²) in [6.45, 7) is 7.62. The first-order valence-electron chi connectivity index (χ1n) is 7.70. The number of amides is 2. The molecule has 0 radical (unpaired) electrons. The Kier molecular flexibility index (Phi) is 6.61. The molecule has 1 fully saturated rings. The molecule has 21 heavy (non-hydrogen) atoms. The fourth-order valence-corrected chi connectivity index (χ4v) is 2.36. The summed E-state index contributed by atoms with van der Waals surface area (Å²) in [6, 6.07) is -0.507. The van der Waals surface area contributed by atoms with Crippen LogP contribution in [0.3, 0.4) is 0 Å². The summed E-state index contributed by atoms with van der Waals surface area (Å²) >= 11 is 0. The Morgan fingerprint density at radius 3 is 2.38 bits per heavy atom. The maximum absolute atomic E-state index is 12.3. The van der Waals surface area contributed by atoms with Gasteiger partial charge in [0, 0.05) is 32.2 Å². The van der Waals surface area contributed by atoms with Crippen molar-refractivity contribution in [2.24, 2.45) is 17.1 Å². The minimum atomic E-state index is -0.507. The predicted molar refractivity (Wildman–Crippen MR) is 81.4 cm³/mol. The molecule has 1 heterocycles. The zero-order chi connectivity index (χ0) is 16.0. The maximum Gasteiger partial charge on any atom is 0.240 e. The van der Waals surface area contributed by atoms with Crippen LogP contribution in [0, 0.1) is 11.3 Å². The van der Waals surface area contributed by atoms with Gasteiger partial charge in [0.05, 0.1) is 6.04 Å². The van der Waals surface area contributed by atoms with Gasteiger partial charge in [-0.15, -0.1) is 0 Å². The van der Waals surface area contributed by atoms with Crippen LogP contribution < -0.4 is 11.1 Å². The third-order valence-corrected chi connectivity index (χ3v) is 4.01. The van der Waals surface area contributed by atoms with E-state index in [1.165, 1.54) is 0 Å². The number of carbonyl (C=O) groups excluding carboxylic acids is 2. The van der Waals surface area contributed by atoms with Crippen LogP contribution in [0.4, 0.5) is 0 Å². The summed E-state index contributed by atoms with van der Waals surface area (Å²) < 4.78 is 0. The lowest BCUT2D eigenvalue weighted by atomic mass is 9.86. The monoisotopic (exact) mass is 299 g/mol. The first kappa shape index (κ1) is 17.9. The normalized spacial score (nSPS) is 18.4. The SMILES string of the molecule is CC(C)(C)[C@@H](N)C(=O)N1CCC(C(=O)NCCCO)CC1. The number of rotatable bonds is 5. The van der Waals surface area contributed by atoms with Crippen molar-refractivity contribution >= 4 is 11.8 Å². The molecule has 122 valence electrons. The van der Waals surface area contributed by atoms with Crippen molar-refractivity contribution < 1.29 is 14.7 Å². The number of nitrogens with zero attached hydrogens (tertiary/aromatic N) is 1. The van der Waals surface area contributed by atoms with Gasteiger partial charge in [-0.1, -0.05) is 20.8 Å². The van der Waals surface area contributed by atoms with Crippen molar-refractivity contribution in [3.63, 3.8) is 0 Å². The minimum absolute atomic E-state index is 0.0238. The molecule has 0 spiro atoms. The van der Waals surface area contributed by atoms with Crippen LogP contribution in [0.1, 0.15) is 40.0 Å². The number of likely N-dealkylation sites (tertiary alicyclic amines) is 1. The standard InChI is InChI=1S/C15H29N3O3/c1-15(2,3)12(16)14(21)18-8-5-11(6-9-18)13(20)17-7-4-10-19/h11-12,19H,4-10,16H2,1-3H3,(H,17,20)/t12-/m0/s1. The van der Waals surface area contributed by atoms with Crippen LogP contribution in [-0.2, 0) is 9.59 Å². The number of aliphatic hydroxyl groups excluding tert-OH is 1. The Morgan fingerprint density at radius 1 is 1.33 bits per heavy atom. The molecular weight excluding hydrogens is 270 g/mol. The Labute approximate surface area is 127 Å². The molecule has 1 atom stereocenters. The summed E-state index contributed by atoms with van der Waals surface area (Å²) in [5, 5.41) is 11.5. The molecule has 6 nitrogen and oxygen atoms in total. The van der Waals surface area contributed by atoms with Crippen LogP contribution in [-0.4, -0.2) is 54.1 Å². The fraction of sp³-hybridized carbons (Fsp3) is 0.867. The number of nitrogens with two attached hydrogens (primary N) is 1. The third kappa shape index (κ3) is 5.28. The highest BCUT2D eigenvalue weighted by Crippen LogP contribution is 2.23. The van der Waals surface area contributed by atoms with Gasteiger partial charge in [-0.2, -0.15) is 0 Å². The maximum atomic E-state index is 12.3. The summed E-state index contributed by atoms with van der Waals surface area (Å²) in [5.74, 6) is -0.0455. The molecule has 1 saturated heterocycles. The number of hydrogen-bond acceptors (Lipinski definition) is 4. The molecular formula is C15H29N3O3. The second-order valence-electron chi connectivity index (χ2n) is 6.81. The Hall–Kier alpha value is -1.14. The van der Waals surface area contributed by atoms with Crippen molar-refractivity contribution in [1.29, 1.82) is 0 Å². The number of carbonyl (C=O) groups is 2. The van der Waals surface area contributed by atoms with Gasteiger partial charge in [-0.25, -0.2) is 0 Å². The van der Waals surface area contributed by atoms with E-state index in [-0.39, 0.29) is 29.8 Å². The average molecular weight is 299 g/mol. The predicted octanol–water partition coefficient (Wildman–Crippen LogP) is 0.0970. The van der Waals surface area contributed by atoms with E-state index in [2.05, 4.69) is 5.32 Å². The molecule has 0 saturated carbocycles. The van der Waals surface area contributed by atoms with E-state index in [4.69, 9.17) is 10.8 Å². The molecule has 0 bridgehead atoms. The smallest absolute Gasteiger partial charge is 0.240 e. The van der Waals surface area contributed by atoms with E-state index in [0.717, 1.165) is 0 Å². The quantitative estimate of drug-likeness (QED) is 0.627. The molecule has 0 aromatic heterocycles. The molecule has 4 N–H and O–H groups in total. The van der Waals surface area contributed by atoms with Gasteiger partial charge in [0.2, 0.25) is 11.8 Å². The van der Waals surface area contributed by atoms with E-state index in [1.807, 2.05) is 20.8 Å². The molecule has 1 aliphatic heterocycles. The molecule has 0 unspecified atom stereocenters. The van der Waals surface area contributed by atoms with E-state index < -0.39 is 6.04 Å². The molecule has 0 aromatic carbocycles. The molecule has 0 aromatic rings. The second kappa shape index (κ2) is 7.75. The summed E-state index contributed by atoms with van der Waals surface area (Å²) in [7, 11) is 0. The number of piperidine rings is 1. The van der Waals surface area contributed by atoms with E-state index in [0.29, 0.717) is 38.9 Å². The highest BCUT2D eigenvalue weighted by molar-refractivity contribution is 5.83. The summed E-state index contributed by atoms with van der Waals surface area (Å²) in [5.41, 5.74) is 5.75. The van der Waals surface area contributed by atoms with Crippen molar-refractivity contribution in [3.8, 4) is 0 Å². The first-order chi connectivity index (χ1) is 9.77. The second-order valence-corrected chi connectivity index (χ2v) is 6.81. The van der Waals surface area contributed by atoms with Crippen LogP contribution in [0.15, 0.2) is 0 Å². The van der Waals surface area contributed by atoms with Gasteiger partial charge in [0.15, 0.2) is 0 Å². The topological polar surface area (TPSA) is 95.7 Å². The largest absolute Gasteiger partial charge is 0.396 e. The van der Waals surface area contributed by atoms with Gasteiger partial charge in [0.25, 0.3) is 0 Å². The van der Waals surface area contributed by atoms with Gasteiger partial charge < -0.3 is 21.1 Å².